The molecule has 0 unspecified atom stereocenters. The van der Waals surface area contributed by atoms with Crippen LogP contribution in [0, 0.1) is 11.8 Å². The third-order valence-electron chi connectivity index (χ3n) is 2.60. The maximum absolute atomic E-state index is 5.51. The number of benzene rings is 1. The van der Waals surface area contributed by atoms with Gasteiger partial charge in [0.15, 0.2) is 0 Å². The van der Waals surface area contributed by atoms with Gasteiger partial charge in [0.1, 0.15) is 5.69 Å². The van der Waals surface area contributed by atoms with E-state index < -0.39 is 0 Å². The van der Waals surface area contributed by atoms with Crippen LogP contribution in [-0.2, 0) is 6.42 Å². The van der Waals surface area contributed by atoms with Crippen LogP contribution in [0.3, 0.4) is 0 Å². The molecule has 2 rings (SSSR count). The Kier molecular flexibility index (Phi) is 4.52. The zero-order valence-electron chi connectivity index (χ0n) is 10.3. The molecule has 0 aliphatic heterocycles. The Labute approximate surface area is 108 Å². The highest BCUT2D eigenvalue weighted by Crippen LogP contribution is 2.06. The Hall–Kier alpha value is -2.11. The summed E-state index contributed by atoms with van der Waals surface area (Å²) in [5, 5.41) is 0. The summed E-state index contributed by atoms with van der Waals surface area (Å²) in [6.45, 7) is 0.726. The van der Waals surface area contributed by atoms with Crippen molar-refractivity contribution in [1.82, 2.24) is 4.98 Å². The molecule has 2 heteroatoms. The van der Waals surface area contributed by atoms with Crippen molar-refractivity contribution in [3.05, 3.63) is 65.5 Å². The Bertz CT molecular complexity index is 550. The van der Waals surface area contributed by atoms with Gasteiger partial charge in [0.2, 0.25) is 0 Å². The molecule has 0 aliphatic rings. The van der Waals surface area contributed by atoms with Crippen LogP contribution >= 0.6 is 0 Å². The number of rotatable bonds is 3. The van der Waals surface area contributed by atoms with Crippen molar-refractivity contribution in [3.63, 3.8) is 0 Å². The topological polar surface area (TPSA) is 38.9 Å². The van der Waals surface area contributed by atoms with Gasteiger partial charge in [-0.3, -0.25) is 0 Å². The van der Waals surface area contributed by atoms with Crippen molar-refractivity contribution in [2.24, 2.45) is 5.73 Å². The zero-order chi connectivity index (χ0) is 12.6. The van der Waals surface area contributed by atoms with E-state index in [-0.39, 0.29) is 0 Å². The number of nitrogens with two attached hydrogens (primary N) is 1. The van der Waals surface area contributed by atoms with Crippen LogP contribution in [0.1, 0.15) is 23.2 Å². The highest BCUT2D eigenvalue weighted by molar-refractivity contribution is 5.41. The number of aryl methyl sites for hydroxylation is 1. The zero-order valence-corrected chi connectivity index (χ0v) is 10.3. The number of nitrogens with zero attached hydrogens (tertiary/aromatic N) is 1. The predicted molar refractivity (Wildman–Crippen MR) is 74.0 cm³/mol. The normalized spacial score (nSPS) is 9.61. The van der Waals surface area contributed by atoms with Crippen molar-refractivity contribution >= 4 is 0 Å². The number of hydrogen-bond acceptors (Lipinski definition) is 2. The van der Waals surface area contributed by atoms with Crippen LogP contribution < -0.4 is 5.73 Å². The molecule has 0 spiro atoms. The van der Waals surface area contributed by atoms with E-state index in [4.69, 9.17) is 5.73 Å². The fourth-order valence-electron chi connectivity index (χ4n) is 1.68. The van der Waals surface area contributed by atoms with Gasteiger partial charge in [0.05, 0.1) is 0 Å². The van der Waals surface area contributed by atoms with Gasteiger partial charge in [0.25, 0.3) is 0 Å². The van der Waals surface area contributed by atoms with E-state index in [1.807, 2.05) is 30.3 Å². The van der Waals surface area contributed by atoms with Gasteiger partial charge in [0, 0.05) is 11.8 Å². The van der Waals surface area contributed by atoms with Crippen LogP contribution in [0.25, 0.3) is 0 Å². The summed E-state index contributed by atoms with van der Waals surface area (Å²) in [6.07, 6.45) is 3.77. The van der Waals surface area contributed by atoms with Crippen molar-refractivity contribution in [2.75, 3.05) is 6.54 Å². The summed E-state index contributed by atoms with van der Waals surface area (Å²) in [5.41, 5.74) is 8.62. The second-order valence-electron chi connectivity index (χ2n) is 4.06. The van der Waals surface area contributed by atoms with Gasteiger partial charge < -0.3 is 5.73 Å². The van der Waals surface area contributed by atoms with E-state index >= 15 is 0 Å². The monoisotopic (exact) mass is 236 g/mol. The summed E-state index contributed by atoms with van der Waals surface area (Å²) in [7, 11) is 0. The van der Waals surface area contributed by atoms with Gasteiger partial charge in [-0.25, -0.2) is 4.98 Å². The molecule has 1 aromatic heterocycles. The lowest BCUT2D eigenvalue weighted by molar-refractivity contribution is 0.832. The SMILES string of the molecule is NCCCc1cccc(C#Cc2ccccn2)c1. The molecule has 0 atom stereocenters. The first-order valence-electron chi connectivity index (χ1n) is 6.10. The summed E-state index contributed by atoms with van der Waals surface area (Å²) in [4.78, 5) is 4.18. The summed E-state index contributed by atoms with van der Waals surface area (Å²) < 4.78 is 0. The average Bonchev–Trinajstić information content (AvgIpc) is 2.44. The van der Waals surface area contributed by atoms with Gasteiger partial charge in [-0.05, 0) is 55.1 Å². The first kappa shape index (κ1) is 12.3. The molecule has 1 aromatic carbocycles. The minimum absolute atomic E-state index is 0.726. The van der Waals surface area contributed by atoms with Crippen molar-refractivity contribution in [1.29, 1.82) is 0 Å². The van der Waals surface area contributed by atoms with Gasteiger partial charge in [-0.2, -0.15) is 0 Å². The quantitative estimate of drug-likeness (QED) is 0.831. The standard InChI is InChI=1S/C16H16N2/c17-11-4-7-14-5-3-6-15(13-14)9-10-16-8-1-2-12-18-16/h1-3,5-6,8,12-13H,4,7,11,17H2. The highest BCUT2D eigenvalue weighted by Gasteiger charge is 1.93. The molecule has 0 aliphatic carbocycles. The van der Waals surface area contributed by atoms with Crippen molar-refractivity contribution in [3.8, 4) is 11.8 Å². The van der Waals surface area contributed by atoms with E-state index in [2.05, 4.69) is 29.0 Å². The van der Waals surface area contributed by atoms with Crippen LogP contribution in [0.5, 0.6) is 0 Å². The largest absolute Gasteiger partial charge is 0.330 e. The van der Waals surface area contributed by atoms with Gasteiger partial charge in [-0.15, -0.1) is 0 Å². The fourth-order valence-corrected chi connectivity index (χ4v) is 1.68. The average molecular weight is 236 g/mol. The van der Waals surface area contributed by atoms with Gasteiger partial charge >= 0.3 is 0 Å². The minimum Gasteiger partial charge on any atom is -0.330 e. The maximum Gasteiger partial charge on any atom is 0.113 e. The van der Waals surface area contributed by atoms with Crippen molar-refractivity contribution < 1.29 is 0 Å². The number of aromatic nitrogens is 1. The first-order chi connectivity index (χ1) is 8.88. The Balaban J connectivity index is 2.12. The molecule has 2 nitrogen and oxygen atoms in total. The lowest BCUT2D eigenvalue weighted by Crippen LogP contribution is -2.00. The third-order valence-corrected chi connectivity index (χ3v) is 2.60. The third kappa shape index (κ3) is 3.73. The van der Waals surface area contributed by atoms with Crippen LogP contribution in [0.2, 0.25) is 0 Å². The molecule has 0 saturated heterocycles. The van der Waals surface area contributed by atoms with E-state index in [1.54, 1.807) is 6.20 Å². The molecule has 2 N–H and O–H groups in total. The molecule has 2 aromatic rings. The molecule has 0 radical (unpaired) electrons. The van der Waals surface area contributed by atoms with E-state index in [9.17, 15) is 0 Å². The van der Waals surface area contributed by atoms with Crippen LogP contribution in [0.4, 0.5) is 0 Å². The second-order valence-corrected chi connectivity index (χ2v) is 4.06. The Morgan fingerprint density at radius 1 is 1.06 bits per heavy atom. The molecule has 0 fully saturated rings. The molecule has 0 saturated carbocycles. The van der Waals surface area contributed by atoms with E-state index in [1.165, 1.54) is 5.56 Å². The second kappa shape index (κ2) is 6.58. The summed E-state index contributed by atoms with van der Waals surface area (Å²) >= 11 is 0. The molecular weight excluding hydrogens is 220 g/mol. The minimum atomic E-state index is 0.726. The predicted octanol–water partition coefficient (Wildman–Crippen LogP) is 2.37. The lowest BCUT2D eigenvalue weighted by atomic mass is 10.1. The molecule has 0 bridgehead atoms. The molecular formula is C16H16N2. The summed E-state index contributed by atoms with van der Waals surface area (Å²) in [5.74, 6) is 6.19. The van der Waals surface area contributed by atoms with E-state index in [0.29, 0.717) is 0 Å². The number of hydrogen-bond donors (Lipinski definition) is 1. The van der Waals surface area contributed by atoms with E-state index in [0.717, 1.165) is 30.6 Å². The van der Waals surface area contributed by atoms with Crippen LogP contribution in [0.15, 0.2) is 48.7 Å². The molecule has 0 amide bonds. The van der Waals surface area contributed by atoms with Crippen molar-refractivity contribution in [2.45, 2.75) is 12.8 Å². The first-order valence-corrected chi connectivity index (χ1v) is 6.10. The number of pyridine rings is 1. The Morgan fingerprint density at radius 2 is 2.00 bits per heavy atom. The fraction of sp³-hybridized carbons (Fsp3) is 0.188. The molecule has 18 heavy (non-hydrogen) atoms. The van der Waals surface area contributed by atoms with Gasteiger partial charge in [-0.1, -0.05) is 24.1 Å². The smallest absolute Gasteiger partial charge is 0.113 e. The summed E-state index contributed by atoms with van der Waals surface area (Å²) in [6, 6.07) is 14.0. The molecule has 1 heterocycles. The maximum atomic E-state index is 5.51. The lowest BCUT2D eigenvalue weighted by Gasteiger charge is -1.99. The Morgan fingerprint density at radius 3 is 2.78 bits per heavy atom. The van der Waals surface area contributed by atoms with Crippen LogP contribution in [-0.4, -0.2) is 11.5 Å². The molecule has 90 valence electrons. The highest BCUT2D eigenvalue weighted by atomic mass is 14.6.